The predicted molar refractivity (Wildman–Crippen MR) is 85.4 cm³/mol. The van der Waals surface area contributed by atoms with Crippen LogP contribution in [0.2, 0.25) is 0 Å². The second-order valence-corrected chi connectivity index (χ2v) is 8.09. The van der Waals surface area contributed by atoms with Gasteiger partial charge in [-0.1, -0.05) is 32.9 Å². The number of hydrogen-bond acceptors (Lipinski definition) is 4. The molecule has 21 heavy (non-hydrogen) atoms. The molecule has 0 saturated heterocycles. The van der Waals surface area contributed by atoms with E-state index >= 15 is 0 Å². The molecule has 1 aromatic rings. The summed E-state index contributed by atoms with van der Waals surface area (Å²) in [7, 11) is 0. The van der Waals surface area contributed by atoms with Crippen molar-refractivity contribution in [3.63, 3.8) is 0 Å². The largest absolute Gasteiger partial charge is 0.396 e. The average molecular weight is 306 g/mol. The van der Waals surface area contributed by atoms with E-state index in [9.17, 15) is 4.79 Å². The lowest BCUT2D eigenvalue weighted by Gasteiger charge is -2.17. The number of aliphatic hydroxyl groups is 1. The van der Waals surface area contributed by atoms with Crippen molar-refractivity contribution in [2.45, 2.75) is 43.0 Å². The molecule has 1 aliphatic rings. The molecule has 1 aliphatic carbocycles. The molecule has 114 valence electrons. The zero-order valence-electron chi connectivity index (χ0n) is 12.7. The number of carbonyl (C=O) groups excluding carboxylic acids is 1. The van der Waals surface area contributed by atoms with Gasteiger partial charge in [0.25, 0.3) is 5.91 Å². The maximum Gasteiger partial charge on any atom is 0.251 e. The molecule has 0 aliphatic heterocycles. The normalized spacial score (nSPS) is 21.5. The Morgan fingerprint density at radius 1 is 1.48 bits per heavy atom. The Hall–Kier alpha value is -1.33. The van der Waals surface area contributed by atoms with Crippen LogP contribution in [0.4, 0.5) is 0 Å². The molecule has 0 fully saturated rings. The maximum absolute atomic E-state index is 12.3. The summed E-state index contributed by atoms with van der Waals surface area (Å²) in [5.74, 6) is 0.0566. The number of pyridine rings is 1. The van der Waals surface area contributed by atoms with Crippen LogP contribution in [0.3, 0.4) is 0 Å². The van der Waals surface area contributed by atoms with Crippen LogP contribution in [0.1, 0.15) is 37.6 Å². The molecule has 4 nitrogen and oxygen atoms in total. The van der Waals surface area contributed by atoms with Gasteiger partial charge in [-0.25, -0.2) is 4.98 Å². The Bertz CT molecular complexity index is 537. The SMILES string of the molecule is CC(C)(C)Sc1cc(C(=O)N[C@@H]2C=C[C@H](CO)C2)ccn1. The highest BCUT2D eigenvalue weighted by Crippen LogP contribution is 2.30. The zero-order valence-corrected chi connectivity index (χ0v) is 13.5. The number of hydrogen-bond donors (Lipinski definition) is 2. The Morgan fingerprint density at radius 3 is 2.86 bits per heavy atom. The molecule has 2 rings (SSSR count). The fourth-order valence-electron chi connectivity index (χ4n) is 2.19. The molecule has 2 N–H and O–H groups in total. The number of carbonyl (C=O) groups is 1. The first-order valence-corrected chi connectivity index (χ1v) is 7.94. The highest BCUT2D eigenvalue weighted by atomic mass is 32.2. The third-order valence-electron chi connectivity index (χ3n) is 3.13. The van der Waals surface area contributed by atoms with E-state index in [1.165, 1.54) is 0 Å². The molecular weight excluding hydrogens is 284 g/mol. The van der Waals surface area contributed by atoms with Crippen LogP contribution in [0.15, 0.2) is 35.5 Å². The summed E-state index contributed by atoms with van der Waals surface area (Å²) in [5, 5.41) is 12.9. The predicted octanol–water partition coefficient (Wildman–Crippen LogP) is 2.64. The van der Waals surface area contributed by atoms with E-state index in [0.717, 1.165) is 11.4 Å². The van der Waals surface area contributed by atoms with Gasteiger partial charge in [-0.2, -0.15) is 0 Å². The van der Waals surface area contributed by atoms with Crippen LogP contribution in [-0.2, 0) is 0 Å². The summed E-state index contributed by atoms with van der Waals surface area (Å²) in [6.45, 7) is 6.48. The summed E-state index contributed by atoms with van der Waals surface area (Å²) in [5.41, 5.74) is 0.623. The summed E-state index contributed by atoms with van der Waals surface area (Å²) >= 11 is 1.64. The van der Waals surface area contributed by atoms with Gasteiger partial charge in [0.15, 0.2) is 0 Å². The molecule has 0 spiro atoms. The van der Waals surface area contributed by atoms with E-state index in [0.29, 0.717) is 5.56 Å². The van der Waals surface area contributed by atoms with Crippen molar-refractivity contribution in [3.05, 3.63) is 36.0 Å². The molecular formula is C16H22N2O2S. The third kappa shape index (κ3) is 4.86. The molecule has 1 heterocycles. The minimum atomic E-state index is -0.0959. The second kappa shape index (κ2) is 6.62. The highest BCUT2D eigenvalue weighted by molar-refractivity contribution is 8.00. The lowest BCUT2D eigenvalue weighted by molar-refractivity contribution is 0.0940. The molecule has 2 atom stereocenters. The smallest absolute Gasteiger partial charge is 0.251 e. The first kappa shape index (κ1) is 16.0. The Kier molecular flexibility index (Phi) is 5.06. The summed E-state index contributed by atoms with van der Waals surface area (Å²) in [4.78, 5) is 16.6. The van der Waals surface area contributed by atoms with Gasteiger partial charge in [0.1, 0.15) is 0 Å². The molecule has 0 unspecified atom stereocenters. The summed E-state index contributed by atoms with van der Waals surface area (Å²) < 4.78 is 0.0602. The first-order chi connectivity index (χ1) is 9.87. The number of nitrogens with one attached hydrogen (secondary N) is 1. The highest BCUT2D eigenvalue weighted by Gasteiger charge is 2.21. The van der Waals surface area contributed by atoms with E-state index in [1.807, 2.05) is 18.2 Å². The topological polar surface area (TPSA) is 62.2 Å². The lowest BCUT2D eigenvalue weighted by atomic mass is 10.1. The van der Waals surface area contributed by atoms with Crippen LogP contribution in [0.5, 0.6) is 0 Å². The van der Waals surface area contributed by atoms with Crippen molar-refractivity contribution in [1.29, 1.82) is 0 Å². The van der Waals surface area contributed by atoms with Crippen molar-refractivity contribution >= 4 is 17.7 Å². The van der Waals surface area contributed by atoms with Gasteiger partial charge in [0.2, 0.25) is 0 Å². The van der Waals surface area contributed by atoms with Crippen LogP contribution >= 0.6 is 11.8 Å². The summed E-state index contributed by atoms with van der Waals surface area (Å²) in [6.07, 6.45) is 6.34. The van der Waals surface area contributed by atoms with Crippen molar-refractivity contribution in [3.8, 4) is 0 Å². The minimum absolute atomic E-state index is 0.00142. The number of aliphatic hydroxyl groups excluding tert-OH is 1. The molecule has 0 aromatic carbocycles. The average Bonchev–Trinajstić information content (AvgIpc) is 2.84. The van der Waals surface area contributed by atoms with Crippen molar-refractivity contribution in [1.82, 2.24) is 10.3 Å². The molecule has 0 radical (unpaired) electrons. The van der Waals surface area contributed by atoms with Crippen molar-refractivity contribution < 1.29 is 9.90 Å². The van der Waals surface area contributed by atoms with Crippen LogP contribution in [-0.4, -0.2) is 33.4 Å². The molecule has 1 aromatic heterocycles. The van der Waals surface area contributed by atoms with Gasteiger partial charge in [-0.15, -0.1) is 11.8 Å². The van der Waals surface area contributed by atoms with Gasteiger partial charge < -0.3 is 10.4 Å². The van der Waals surface area contributed by atoms with E-state index < -0.39 is 0 Å². The van der Waals surface area contributed by atoms with Gasteiger partial charge >= 0.3 is 0 Å². The summed E-state index contributed by atoms with van der Waals surface area (Å²) in [6, 6.07) is 3.55. The fourth-order valence-corrected chi connectivity index (χ4v) is 3.12. The fraction of sp³-hybridized carbons (Fsp3) is 0.500. The van der Waals surface area contributed by atoms with Crippen LogP contribution in [0.25, 0.3) is 0 Å². The van der Waals surface area contributed by atoms with Gasteiger partial charge in [0, 0.05) is 35.1 Å². The van der Waals surface area contributed by atoms with Crippen molar-refractivity contribution in [2.75, 3.05) is 6.61 Å². The molecule has 0 saturated carbocycles. The minimum Gasteiger partial charge on any atom is -0.396 e. The van der Waals surface area contributed by atoms with E-state index in [1.54, 1.807) is 24.0 Å². The Balaban J connectivity index is 2.00. The molecule has 0 bridgehead atoms. The Labute approximate surface area is 130 Å². The molecule has 1 amide bonds. The quantitative estimate of drug-likeness (QED) is 0.663. The zero-order chi connectivity index (χ0) is 15.5. The monoisotopic (exact) mass is 306 g/mol. The van der Waals surface area contributed by atoms with Gasteiger partial charge in [-0.05, 0) is 18.6 Å². The molecule has 5 heteroatoms. The Morgan fingerprint density at radius 2 is 2.24 bits per heavy atom. The number of amides is 1. The second-order valence-electron chi connectivity index (χ2n) is 6.24. The number of nitrogens with zero attached hydrogens (tertiary/aromatic N) is 1. The van der Waals surface area contributed by atoms with Gasteiger partial charge in [-0.3, -0.25) is 4.79 Å². The maximum atomic E-state index is 12.3. The van der Waals surface area contributed by atoms with Gasteiger partial charge in [0.05, 0.1) is 5.03 Å². The number of rotatable bonds is 4. The van der Waals surface area contributed by atoms with Crippen LogP contribution < -0.4 is 5.32 Å². The van der Waals surface area contributed by atoms with E-state index in [-0.39, 0.29) is 29.2 Å². The lowest BCUT2D eigenvalue weighted by Crippen LogP contribution is -2.33. The number of aromatic nitrogens is 1. The van der Waals surface area contributed by atoms with Crippen LogP contribution in [0, 0.1) is 5.92 Å². The first-order valence-electron chi connectivity index (χ1n) is 7.12. The van der Waals surface area contributed by atoms with E-state index in [4.69, 9.17) is 5.11 Å². The standard InChI is InChI=1S/C16H22N2O2S/c1-16(2,3)21-14-9-12(6-7-17-14)15(20)18-13-5-4-11(8-13)10-19/h4-7,9,11,13,19H,8,10H2,1-3H3,(H,18,20)/t11-,13+/m0/s1. The van der Waals surface area contributed by atoms with Crippen molar-refractivity contribution in [2.24, 2.45) is 5.92 Å². The van der Waals surface area contributed by atoms with E-state index in [2.05, 4.69) is 31.1 Å². The number of thioether (sulfide) groups is 1. The third-order valence-corrected chi connectivity index (χ3v) is 4.18.